The Balaban J connectivity index is 2.45. The van der Waals surface area contributed by atoms with Gasteiger partial charge in [0.05, 0.1) is 6.54 Å². The van der Waals surface area contributed by atoms with Gasteiger partial charge in [0.25, 0.3) is 0 Å². The van der Waals surface area contributed by atoms with Crippen LogP contribution in [0.15, 0.2) is 12.7 Å². The molecule has 1 fully saturated rings. The number of carbonyl (C=O) groups is 3. The highest BCUT2D eigenvalue weighted by atomic mass is 16.5. The Kier molecular flexibility index (Phi) is 5.31. The summed E-state index contributed by atoms with van der Waals surface area (Å²) in [7, 11) is 0. The van der Waals surface area contributed by atoms with Crippen molar-refractivity contribution in [1.82, 2.24) is 10.2 Å². The zero-order chi connectivity index (χ0) is 14.4. The van der Waals surface area contributed by atoms with Crippen LogP contribution in [0.2, 0.25) is 0 Å². The summed E-state index contributed by atoms with van der Waals surface area (Å²) in [5, 5.41) is 20.6. The van der Waals surface area contributed by atoms with Crippen LogP contribution in [-0.2, 0) is 14.3 Å². The maximum atomic E-state index is 11.2. The first-order chi connectivity index (χ1) is 8.95. The number of nitrogens with one attached hydrogen (secondary N) is 1. The molecule has 0 aromatic rings. The van der Waals surface area contributed by atoms with Gasteiger partial charge in [-0.2, -0.15) is 0 Å². The van der Waals surface area contributed by atoms with Gasteiger partial charge in [-0.3, -0.25) is 9.69 Å². The van der Waals surface area contributed by atoms with Gasteiger partial charge in [-0.15, -0.1) is 0 Å². The van der Waals surface area contributed by atoms with Crippen molar-refractivity contribution in [2.75, 3.05) is 19.7 Å². The molecule has 0 spiro atoms. The lowest BCUT2D eigenvalue weighted by molar-refractivity contribution is -0.142. The van der Waals surface area contributed by atoms with E-state index in [0.717, 1.165) is 4.90 Å². The van der Waals surface area contributed by atoms with E-state index >= 15 is 0 Å². The molecule has 0 aliphatic carbocycles. The van der Waals surface area contributed by atoms with E-state index in [4.69, 9.17) is 14.9 Å². The van der Waals surface area contributed by atoms with E-state index in [1.165, 1.54) is 6.08 Å². The quantitative estimate of drug-likeness (QED) is 0.441. The number of carbonyl (C=O) groups excluding carboxylic acids is 1. The molecular weight excluding hydrogens is 256 g/mol. The minimum atomic E-state index is -1.29. The van der Waals surface area contributed by atoms with Gasteiger partial charge in [-0.05, 0) is 6.42 Å². The minimum Gasteiger partial charge on any atom is -0.480 e. The second kappa shape index (κ2) is 6.74. The number of amides is 1. The zero-order valence-electron chi connectivity index (χ0n) is 10.2. The van der Waals surface area contributed by atoms with Gasteiger partial charge in [0.1, 0.15) is 12.6 Å². The van der Waals surface area contributed by atoms with E-state index in [1.807, 2.05) is 0 Å². The number of nitrogens with zero attached hydrogens (tertiary/aromatic N) is 1. The van der Waals surface area contributed by atoms with Crippen LogP contribution in [0.4, 0.5) is 4.79 Å². The second-order valence-corrected chi connectivity index (χ2v) is 4.07. The predicted molar refractivity (Wildman–Crippen MR) is 63.7 cm³/mol. The highest BCUT2D eigenvalue weighted by Crippen LogP contribution is 2.18. The molecule has 0 saturated carbocycles. The largest absolute Gasteiger partial charge is 0.480 e. The Morgan fingerprint density at radius 3 is 2.58 bits per heavy atom. The lowest BCUT2D eigenvalue weighted by Crippen LogP contribution is -2.40. The molecule has 1 aliphatic heterocycles. The third-order valence-electron chi connectivity index (χ3n) is 2.73. The molecule has 106 valence electrons. The van der Waals surface area contributed by atoms with Crippen molar-refractivity contribution in [3.63, 3.8) is 0 Å². The van der Waals surface area contributed by atoms with Crippen LogP contribution in [-0.4, -0.2) is 64.9 Å². The molecule has 8 nitrogen and oxygen atoms in total. The van der Waals surface area contributed by atoms with E-state index < -0.39 is 24.1 Å². The first-order valence-electron chi connectivity index (χ1n) is 5.68. The summed E-state index contributed by atoms with van der Waals surface area (Å²) in [5.74, 6) is -1.69. The Bertz CT molecular complexity index is 361. The molecule has 3 N–H and O–H groups in total. The van der Waals surface area contributed by atoms with Gasteiger partial charge in [0.15, 0.2) is 0 Å². The lowest BCUT2D eigenvalue weighted by Gasteiger charge is -2.16. The van der Waals surface area contributed by atoms with Crippen LogP contribution in [0.5, 0.6) is 0 Å². The van der Waals surface area contributed by atoms with Crippen LogP contribution in [0.25, 0.3) is 0 Å². The number of hydrogen-bond donors (Lipinski definition) is 3. The zero-order valence-corrected chi connectivity index (χ0v) is 10.2. The number of carboxylic acid groups (broad SMARTS) is 2. The lowest BCUT2D eigenvalue weighted by atomic mass is 10.2. The number of likely N-dealkylation sites (tertiary alicyclic amines) is 1. The monoisotopic (exact) mass is 272 g/mol. The molecule has 1 heterocycles. The van der Waals surface area contributed by atoms with Crippen molar-refractivity contribution in [2.24, 2.45) is 0 Å². The first-order valence-corrected chi connectivity index (χ1v) is 5.68. The Morgan fingerprint density at radius 1 is 1.42 bits per heavy atom. The summed E-state index contributed by atoms with van der Waals surface area (Å²) in [6, 6.07) is -1.47. The minimum absolute atomic E-state index is 0.0288. The van der Waals surface area contributed by atoms with Crippen LogP contribution in [0, 0.1) is 0 Å². The molecule has 1 aliphatic rings. The molecule has 1 amide bonds. The molecule has 1 saturated heterocycles. The molecule has 0 radical (unpaired) electrons. The highest BCUT2D eigenvalue weighted by molar-refractivity contribution is 5.80. The second-order valence-electron chi connectivity index (χ2n) is 4.07. The van der Waals surface area contributed by atoms with Crippen molar-refractivity contribution < 1.29 is 29.3 Å². The smallest absolute Gasteiger partial charge is 0.408 e. The first kappa shape index (κ1) is 15.0. The van der Waals surface area contributed by atoms with Gasteiger partial charge < -0.3 is 20.3 Å². The number of aliphatic carboxylic acids is 1. The van der Waals surface area contributed by atoms with Gasteiger partial charge in [0, 0.05) is 12.6 Å². The van der Waals surface area contributed by atoms with Crippen LogP contribution in [0.1, 0.15) is 6.42 Å². The summed E-state index contributed by atoms with van der Waals surface area (Å²) < 4.78 is 4.73. The fourth-order valence-electron chi connectivity index (χ4n) is 1.86. The maximum Gasteiger partial charge on any atom is 0.408 e. The molecule has 1 rings (SSSR count). The molecule has 2 atom stereocenters. The number of esters is 1. The Morgan fingerprint density at radius 2 is 2.11 bits per heavy atom. The van der Waals surface area contributed by atoms with E-state index in [2.05, 4.69) is 11.9 Å². The van der Waals surface area contributed by atoms with Crippen molar-refractivity contribution >= 4 is 18.0 Å². The number of hydrogen-bond acceptors (Lipinski definition) is 5. The Hall–Kier alpha value is -2.09. The molecule has 8 heteroatoms. The van der Waals surface area contributed by atoms with Gasteiger partial charge >= 0.3 is 18.0 Å². The summed E-state index contributed by atoms with van der Waals surface area (Å²) in [6.45, 7) is 3.43. The fourth-order valence-corrected chi connectivity index (χ4v) is 1.86. The van der Waals surface area contributed by atoms with Crippen LogP contribution in [0.3, 0.4) is 0 Å². The SMILES string of the molecule is C=CCOC(=O)CN[C@H]1C[C@H](C(=O)O)N(C(=O)O)C1. The number of carboxylic acids is 1. The Labute approximate surface area is 109 Å². The van der Waals surface area contributed by atoms with Crippen molar-refractivity contribution in [2.45, 2.75) is 18.5 Å². The van der Waals surface area contributed by atoms with E-state index in [9.17, 15) is 14.4 Å². The standard InChI is InChI=1S/C11H16N2O6/c1-2-3-19-9(14)5-12-7-4-8(10(15)16)13(6-7)11(17)18/h2,7-8,12H,1,3-6H2,(H,15,16)(H,17,18)/t7-,8+/m0/s1. The average Bonchev–Trinajstić information content (AvgIpc) is 2.78. The molecule has 0 bridgehead atoms. The summed E-state index contributed by atoms with van der Waals surface area (Å²) >= 11 is 0. The molecular formula is C11H16N2O6. The van der Waals surface area contributed by atoms with Crippen molar-refractivity contribution in [3.05, 3.63) is 12.7 Å². The summed E-state index contributed by atoms with van der Waals surface area (Å²) in [6.07, 6.45) is 0.266. The van der Waals surface area contributed by atoms with Gasteiger partial charge in [-0.25, -0.2) is 9.59 Å². The topological polar surface area (TPSA) is 116 Å². The molecule has 0 aromatic heterocycles. The normalized spacial score (nSPS) is 22.0. The summed E-state index contributed by atoms with van der Waals surface area (Å²) in [5.41, 5.74) is 0. The van der Waals surface area contributed by atoms with E-state index in [1.54, 1.807) is 0 Å². The predicted octanol–water partition coefficient (Wildman–Crippen LogP) is -0.489. The third-order valence-corrected chi connectivity index (χ3v) is 2.73. The highest BCUT2D eigenvalue weighted by Gasteiger charge is 2.39. The van der Waals surface area contributed by atoms with Crippen LogP contribution >= 0.6 is 0 Å². The number of rotatable bonds is 6. The molecule has 0 unspecified atom stereocenters. The maximum absolute atomic E-state index is 11.2. The molecule has 0 aromatic carbocycles. The van der Waals surface area contributed by atoms with Gasteiger partial charge in [0.2, 0.25) is 0 Å². The van der Waals surface area contributed by atoms with Crippen molar-refractivity contribution in [1.29, 1.82) is 0 Å². The number of ether oxygens (including phenoxy) is 1. The summed E-state index contributed by atoms with van der Waals surface area (Å²) in [4.78, 5) is 33.8. The van der Waals surface area contributed by atoms with E-state index in [-0.39, 0.29) is 32.2 Å². The van der Waals surface area contributed by atoms with Gasteiger partial charge in [-0.1, -0.05) is 12.7 Å². The van der Waals surface area contributed by atoms with Crippen LogP contribution < -0.4 is 5.32 Å². The average molecular weight is 272 g/mol. The fraction of sp³-hybridized carbons (Fsp3) is 0.545. The molecule has 19 heavy (non-hydrogen) atoms. The van der Waals surface area contributed by atoms with Crippen molar-refractivity contribution in [3.8, 4) is 0 Å². The van der Waals surface area contributed by atoms with E-state index in [0.29, 0.717) is 0 Å². The third kappa shape index (κ3) is 4.25.